The van der Waals surface area contributed by atoms with Crippen LogP contribution in [0.3, 0.4) is 0 Å². The smallest absolute Gasteiger partial charge is 0.320 e. The predicted octanol–water partition coefficient (Wildman–Crippen LogP) is 2.00. The molecule has 14 heavy (non-hydrogen) atoms. The molecular weight excluding hydrogens is 225 g/mol. The van der Waals surface area contributed by atoms with Crippen LogP contribution in [0.1, 0.15) is 5.56 Å². The molecule has 1 rings (SSSR count). The van der Waals surface area contributed by atoms with Crippen molar-refractivity contribution in [2.45, 2.75) is 6.61 Å². The summed E-state index contributed by atoms with van der Waals surface area (Å²) in [6.07, 6.45) is 0. The zero-order valence-electron chi connectivity index (χ0n) is 7.30. The van der Waals surface area contributed by atoms with Crippen LogP contribution in [0.15, 0.2) is 18.2 Å². The average Bonchev–Trinajstić information content (AvgIpc) is 2.19. The predicted molar refractivity (Wildman–Crippen MR) is 55.3 cm³/mol. The summed E-state index contributed by atoms with van der Waals surface area (Å²) >= 11 is 11.5. The third-order valence-electron chi connectivity index (χ3n) is 1.55. The first-order valence-corrected chi connectivity index (χ1v) is 4.68. The van der Waals surface area contributed by atoms with Crippen LogP contribution in [-0.2, 0) is 16.1 Å². The molecule has 0 spiro atoms. The molecule has 0 heterocycles. The molecule has 0 aliphatic rings. The molecule has 0 atom stereocenters. The van der Waals surface area contributed by atoms with E-state index in [1.165, 1.54) is 0 Å². The van der Waals surface area contributed by atoms with Crippen LogP contribution >= 0.6 is 23.2 Å². The molecule has 0 amide bonds. The number of carbonyl (C=O) groups is 1. The van der Waals surface area contributed by atoms with Gasteiger partial charge in [0, 0.05) is 0 Å². The lowest BCUT2D eigenvalue weighted by Crippen LogP contribution is -2.16. The number of halogens is 2. The van der Waals surface area contributed by atoms with Crippen molar-refractivity contribution in [1.29, 1.82) is 0 Å². The highest BCUT2D eigenvalue weighted by molar-refractivity contribution is 6.42. The van der Waals surface area contributed by atoms with Crippen molar-refractivity contribution in [3.63, 3.8) is 0 Å². The van der Waals surface area contributed by atoms with E-state index in [1.807, 2.05) is 0 Å². The summed E-state index contributed by atoms with van der Waals surface area (Å²) in [5, 5.41) is 0.911. The zero-order chi connectivity index (χ0) is 10.6. The summed E-state index contributed by atoms with van der Waals surface area (Å²) in [5.41, 5.74) is 5.85. The van der Waals surface area contributed by atoms with Gasteiger partial charge in [-0.3, -0.25) is 4.79 Å². The van der Waals surface area contributed by atoms with Crippen LogP contribution in [0.2, 0.25) is 10.0 Å². The number of ether oxygens (including phenoxy) is 1. The van der Waals surface area contributed by atoms with Gasteiger partial charge in [-0.05, 0) is 17.7 Å². The molecule has 0 saturated carbocycles. The normalized spacial score (nSPS) is 9.93. The van der Waals surface area contributed by atoms with Gasteiger partial charge < -0.3 is 10.5 Å². The maximum Gasteiger partial charge on any atom is 0.320 e. The van der Waals surface area contributed by atoms with Gasteiger partial charge in [0.15, 0.2) is 0 Å². The molecule has 0 aromatic heterocycles. The van der Waals surface area contributed by atoms with E-state index < -0.39 is 5.97 Å². The Labute approximate surface area is 91.7 Å². The van der Waals surface area contributed by atoms with Gasteiger partial charge in [-0.1, -0.05) is 29.3 Å². The second-order valence-electron chi connectivity index (χ2n) is 2.61. The van der Waals surface area contributed by atoms with Crippen LogP contribution in [-0.4, -0.2) is 12.5 Å². The summed E-state index contributed by atoms with van der Waals surface area (Å²) in [7, 11) is 0. The number of esters is 1. The summed E-state index contributed by atoms with van der Waals surface area (Å²) in [5.74, 6) is -0.448. The molecule has 0 fully saturated rings. The van der Waals surface area contributed by atoms with Gasteiger partial charge >= 0.3 is 5.97 Å². The second-order valence-corrected chi connectivity index (χ2v) is 3.43. The van der Waals surface area contributed by atoms with E-state index >= 15 is 0 Å². The molecule has 0 radical (unpaired) electrons. The molecule has 1 aromatic rings. The fourth-order valence-electron chi connectivity index (χ4n) is 0.852. The van der Waals surface area contributed by atoms with Crippen molar-refractivity contribution >= 4 is 29.2 Å². The molecule has 0 unspecified atom stereocenters. The lowest BCUT2D eigenvalue weighted by atomic mass is 10.2. The van der Waals surface area contributed by atoms with Crippen molar-refractivity contribution in [3.05, 3.63) is 33.8 Å². The van der Waals surface area contributed by atoms with Crippen LogP contribution in [0.4, 0.5) is 0 Å². The van der Waals surface area contributed by atoms with Gasteiger partial charge in [0.25, 0.3) is 0 Å². The molecule has 76 valence electrons. The average molecular weight is 234 g/mol. The Hall–Kier alpha value is -0.770. The molecule has 2 N–H and O–H groups in total. The Kier molecular flexibility index (Phi) is 4.20. The highest BCUT2D eigenvalue weighted by atomic mass is 35.5. The van der Waals surface area contributed by atoms with E-state index in [9.17, 15) is 4.79 Å². The summed E-state index contributed by atoms with van der Waals surface area (Å²) in [4.78, 5) is 10.7. The monoisotopic (exact) mass is 233 g/mol. The minimum Gasteiger partial charge on any atom is -0.460 e. The van der Waals surface area contributed by atoms with E-state index in [1.54, 1.807) is 18.2 Å². The van der Waals surface area contributed by atoms with Gasteiger partial charge in [-0.2, -0.15) is 0 Å². The Morgan fingerprint density at radius 3 is 2.64 bits per heavy atom. The maximum absolute atomic E-state index is 10.7. The number of benzene rings is 1. The van der Waals surface area contributed by atoms with Crippen molar-refractivity contribution in [2.24, 2.45) is 5.73 Å². The van der Waals surface area contributed by atoms with E-state index in [2.05, 4.69) is 0 Å². The SMILES string of the molecule is NCC(=O)OCc1ccc(Cl)c(Cl)c1. The first-order valence-electron chi connectivity index (χ1n) is 3.93. The van der Waals surface area contributed by atoms with Crippen molar-refractivity contribution in [3.8, 4) is 0 Å². The number of nitrogens with two attached hydrogens (primary N) is 1. The Morgan fingerprint density at radius 2 is 2.07 bits per heavy atom. The third-order valence-corrected chi connectivity index (χ3v) is 2.29. The van der Waals surface area contributed by atoms with E-state index in [0.29, 0.717) is 10.0 Å². The van der Waals surface area contributed by atoms with Gasteiger partial charge in [-0.25, -0.2) is 0 Å². The first kappa shape index (κ1) is 11.3. The maximum atomic E-state index is 10.7. The third kappa shape index (κ3) is 3.18. The molecule has 5 heteroatoms. The van der Waals surface area contributed by atoms with Gasteiger partial charge in [0.2, 0.25) is 0 Å². The molecule has 0 aliphatic heterocycles. The van der Waals surface area contributed by atoms with Crippen LogP contribution in [0, 0.1) is 0 Å². The Bertz CT molecular complexity index is 342. The zero-order valence-corrected chi connectivity index (χ0v) is 8.81. The highest BCUT2D eigenvalue weighted by Crippen LogP contribution is 2.22. The summed E-state index contributed by atoms with van der Waals surface area (Å²) in [6, 6.07) is 5.03. The first-order chi connectivity index (χ1) is 6.63. The molecule has 3 nitrogen and oxygen atoms in total. The summed E-state index contributed by atoms with van der Waals surface area (Å²) < 4.78 is 4.81. The standard InChI is InChI=1S/C9H9Cl2NO2/c10-7-2-1-6(3-8(7)11)5-14-9(13)4-12/h1-3H,4-5,12H2. The molecule has 0 saturated heterocycles. The summed E-state index contributed by atoms with van der Waals surface area (Å²) in [6.45, 7) is 0.0360. The van der Waals surface area contributed by atoms with E-state index in [-0.39, 0.29) is 13.2 Å². The number of hydrogen-bond acceptors (Lipinski definition) is 3. The largest absolute Gasteiger partial charge is 0.460 e. The minimum atomic E-state index is -0.448. The fourth-order valence-corrected chi connectivity index (χ4v) is 1.17. The van der Waals surface area contributed by atoms with E-state index in [0.717, 1.165) is 5.56 Å². The van der Waals surface area contributed by atoms with Crippen LogP contribution in [0.25, 0.3) is 0 Å². The second kappa shape index (κ2) is 5.20. The number of hydrogen-bond donors (Lipinski definition) is 1. The topological polar surface area (TPSA) is 52.3 Å². The lowest BCUT2D eigenvalue weighted by Gasteiger charge is -2.04. The quantitative estimate of drug-likeness (QED) is 0.813. The van der Waals surface area contributed by atoms with Crippen molar-refractivity contribution in [2.75, 3.05) is 6.54 Å². The number of rotatable bonds is 3. The van der Waals surface area contributed by atoms with Gasteiger partial charge in [0.05, 0.1) is 16.6 Å². The molecule has 0 aliphatic carbocycles. The molecule has 1 aromatic carbocycles. The fraction of sp³-hybridized carbons (Fsp3) is 0.222. The van der Waals surface area contributed by atoms with Crippen molar-refractivity contribution in [1.82, 2.24) is 0 Å². The van der Waals surface area contributed by atoms with Crippen LogP contribution < -0.4 is 5.73 Å². The van der Waals surface area contributed by atoms with Gasteiger partial charge in [-0.15, -0.1) is 0 Å². The Balaban J connectivity index is 2.60. The highest BCUT2D eigenvalue weighted by Gasteiger charge is 2.02. The molecule has 0 bridgehead atoms. The van der Waals surface area contributed by atoms with Crippen LogP contribution in [0.5, 0.6) is 0 Å². The van der Waals surface area contributed by atoms with Gasteiger partial charge in [0.1, 0.15) is 6.61 Å². The van der Waals surface area contributed by atoms with Crippen molar-refractivity contribution < 1.29 is 9.53 Å². The Morgan fingerprint density at radius 1 is 1.36 bits per heavy atom. The lowest BCUT2D eigenvalue weighted by molar-refractivity contribution is -0.143. The molecular formula is C9H9Cl2NO2. The van der Waals surface area contributed by atoms with E-state index in [4.69, 9.17) is 33.7 Å². The number of carbonyl (C=O) groups excluding carboxylic acids is 1. The minimum absolute atomic E-state index is 0.124.